The van der Waals surface area contributed by atoms with Gasteiger partial charge in [0.15, 0.2) is 11.5 Å². The van der Waals surface area contributed by atoms with Gasteiger partial charge in [0.25, 0.3) is 5.91 Å². The number of carbonyl (C=O) groups excluding carboxylic acids is 2. The van der Waals surface area contributed by atoms with Gasteiger partial charge in [0.05, 0.1) is 6.04 Å². The minimum absolute atomic E-state index is 0.0149. The van der Waals surface area contributed by atoms with Crippen LogP contribution in [0.5, 0.6) is 0 Å². The number of hydrogen-bond donors (Lipinski definition) is 1. The van der Waals surface area contributed by atoms with Crippen molar-refractivity contribution in [2.45, 2.75) is 25.3 Å². The Balaban J connectivity index is 1.38. The Morgan fingerprint density at radius 2 is 1.75 bits per heavy atom. The molecule has 8 heteroatoms. The van der Waals surface area contributed by atoms with E-state index in [0.29, 0.717) is 18.9 Å². The van der Waals surface area contributed by atoms with Gasteiger partial charge in [-0.2, -0.15) is 5.10 Å². The Morgan fingerprint density at radius 1 is 1.00 bits per heavy atom. The van der Waals surface area contributed by atoms with Crippen LogP contribution in [0.2, 0.25) is 0 Å². The third kappa shape index (κ3) is 3.58. The van der Waals surface area contributed by atoms with Crippen LogP contribution >= 0.6 is 0 Å². The summed E-state index contributed by atoms with van der Waals surface area (Å²) in [7, 11) is 0. The van der Waals surface area contributed by atoms with Crippen LogP contribution in [0.15, 0.2) is 47.6 Å². The molecule has 144 valence electrons. The lowest BCUT2D eigenvalue weighted by Crippen LogP contribution is -2.41. The molecule has 0 bridgehead atoms. The summed E-state index contributed by atoms with van der Waals surface area (Å²) in [5.41, 5.74) is 6.45. The first-order chi connectivity index (χ1) is 13.6. The average molecular weight is 378 g/mol. The molecular weight excluding hydrogens is 356 g/mol. The number of nitrogens with two attached hydrogens (primary N) is 1. The third-order valence-corrected chi connectivity index (χ3v) is 5.31. The van der Waals surface area contributed by atoms with Crippen LogP contribution in [0, 0.1) is 5.92 Å². The van der Waals surface area contributed by atoms with Gasteiger partial charge in [-0.15, -0.1) is 10.2 Å². The molecule has 1 unspecified atom stereocenters. The van der Waals surface area contributed by atoms with E-state index in [9.17, 15) is 9.59 Å². The predicted octanol–water partition coefficient (Wildman–Crippen LogP) is 1.75. The van der Waals surface area contributed by atoms with E-state index < -0.39 is 5.91 Å². The van der Waals surface area contributed by atoms with Crippen molar-refractivity contribution < 1.29 is 9.59 Å². The predicted molar refractivity (Wildman–Crippen MR) is 105 cm³/mol. The van der Waals surface area contributed by atoms with Crippen LogP contribution in [0.25, 0.3) is 0 Å². The molecule has 0 aliphatic carbocycles. The van der Waals surface area contributed by atoms with Gasteiger partial charge < -0.3 is 10.6 Å². The second-order valence-electron chi connectivity index (χ2n) is 7.05. The van der Waals surface area contributed by atoms with Gasteiger partial charge in [-0.05, 0) is 30.5 Å². The zero-order chi connectivity index (χ0) is 19.5. The molecule has 0 spiro atoms. The quantitative estimate of drug-likeness (QED) is 0.873. The lowest BCUT2D eigenvalue weighted by molar-refractivity contribution is -0.138. The molecule has 2 amide bonds. The van der Waals surface area contributed by atoms with Crippen molar-refractivity contribution in [1.82, 2.24) is 15.2 Å². The molecular formula is C20H22N6O2. The second-order valence-corrected chi connectivity index (χ2v) is 7.05. The van der Waals surface area contributed by atoms with E-state index in [1.54, 1.807) is 17.1 Å². The molecule has 28 heavy (non-hydrogen) atoms. The first kappa shape index (κ1) is 18.1. The first-order valence-electron chi connectivity index (χ1n) is 9.42. The smallest absolute Gasteiger partial charge is 0.269 e. The van der Waals surface area contributed by atoms with Crippen molar-refractivity contribution in [2.75, 3.05) is 18.0 Å². The topological polar surface area (TPSA) is 105 Å². The van der Waals surface area contributed by atoms with Crippen molar-refractivity contribution in [3.8, 4) is 0 Å². The van der Waals surface area contributed by atoms with Crippen molar-refractivity contribution in [2.24, 2.45) is 16.8 Å². The molecule has 1 fully saturated rings. The highest BCUT2D eigenvalue weighted by atomic mass is 16.2. The van der Waals surface area contributed by atoms with Crippen LogP contribution in [-0.4, -0.2) is 46.3 Å². The number of carbonyl (C=O) groups is 2. The number of rotatable bonds is 4. The molecule has 1 aromatic heterocycles. The molecule has 4 rings (SSSR count). The molecule has 2 aromatic rings. The van der Waals surface area contributed by atoms with Crippen LogP contribution < -0.4 is 10.6 Å². The largest absolute Gasteiger partial charge is 0.364 e. The summed E-state index contributed by atoms with van der Waals surface area (Å²) in [5, 5.41) is 13.9. The molecule has 1 saturated heterocycles. The number of amides is 2. The number of piperidine rings is 1. The summed E-state index contributed by atoms with van der Waals surface area (Å²) >= 11 is 0. The molecule has 2 N–H and O–H groups in total. The number of aromatic nitrogens is 2. The SMILES string of the molecule is NC(=O)c1ccc(N2CCC(C(=O)N3N=CCC3c3ccccc3)CC2)nn1. The molecule has 2 aliphatic rings. The monoisotopic (exact) mass is 378 g/mol. The normalized spacial score (nSPS) is 19.8. The van der Waals surface area contributed by atoms with Crippen LogP contribution in [0.1, 0.15) is 41.4 Å². The summed E-state index contributed by atoms with van der Waals surface area (Å²) in [5.74, 6) is 0.118. The summed E-state index contributed by atoms with van der Waals surface area (Å²) in [4.78, 5) is 26.2. The Bertz CT molecular complexity index is 875. The number of hydrazone groups is 1. The zero-order valence-corrected chi connectivity index (χ0v) is 15.4. The van der Waals surface area contributed by atoms with E-state index >= 15 is 0 Å². The summed E-state index contributed by atoms with van der Waals surface area (Å²) < 4.78 is 0. The first-order valence-corrected chi connectivity index (χ1v) is 9.42. The average Bonchev–Trinajstić information content (AvgIpc) is 3.24. The van der Waals surface area contributed by atoms with Gasteiger partial charge in [-0.25, -0.2) is 5.01 Å². The van der Waals surface area contributed by atoms with E-state index in [2.05, 4.69) is 20.2 Å². The van der Waals surface area contributed by atoms with E-state index in [1.165, 1.54) is 0 Å². The number of primary amides is 1. The van der Waals surface area contributed by atoms with Gasteiger partial charge in [0.1, 0.15) is 0 Å². The van der Waals surface area contributed by atoms with E-state index in [0.717, 1.165) is 24.8 Å². The van der Waals surface area contributed by atoms with Gasteiger partial charge in [0, 0.05) is 31.6 Å². The van der Waals surface area contributed by atoms with Crippen LogP contribution in [-0.2, 0) is 4.79 Å². The van der Waals surface area contributed by atoms with Gasteiger partial charge in [0.2, 0.25) is 5.91 Å². The standard InChI is InChI=1S/C20H22N6O2/c21-19(27)16-6-7-18(24-23-16)25-12-9-15(10-13-25)20(28)26-17(8-11-22-26)14-4-2-1-3-5-14/h1-7,11,15,17H,8-10,12-13H2,(H2,21,27). The lowest BCUT2D eigenvalue weighted by Gasteiger charge is -2.34. The van der Waals surface area contributed by atoms with Crippen LogP contribution in [0.4, 0.5) is 5.82 Å². The van der Waals surface area contributed by atoms with Gasteiger partial charge in [-0.3, -0.25) is 9.59 Å². The minimum Gasteiger partial charge on any atom is -0.364 e. The Labute approximate surface area is 163 Å². The number of nitrogens with zero attached hydrogens (tertiary/aromatic N) is 5. The van der Waals surface area contributed by atoms with Crippen molar-refractivity contribution in [3.63, 3.8) is 0 Å². The Hall–Kier alpha value is -3.29. The third-order valence-electron chi connectivity index (χ3n) is 5.31. The molecule has 8 nitrogen and oxygen atoms in total. The van der Waals surface area contributed by atoms with Crippen molar-refractivity contribution >= 4 is 23.8 Å². The number of hydrogen-bond acceptors (Lipinski definition) is 6. The molecule has 3 heterocycles. The second kappa shape index (κ2) is 7.75. The Kier molecular flexibility index (Phi) is 5.01. The summed E-state index contributed by atoms with van der Waals surface area (Å²) in [6, 6.07) is 13.3. The lowest BCUT2D eigenvalue weighted by atomic mass is 9.94. The summed E-state index contributed by atoms with van der Waals surface area (Å²) in [6.45, 7) is 1.41. The maximum Gasteiger partial charge on any atom is 0.269 e. The highest BCUT2D eigenvalue weighted by Crippen LogP contribution is 2.32. The van der Waals surface area contributed by atoms with Crippen LogP contribution in [0.3, 0.4) is 0 Å². The summed E-state index contributed by atoms with van der Waals surface area (Å²) in [6.07, 6.45) is 4.02. The fourth-order valence-electron chi connectivity index (χ4n) is 3.75. The zero-order valence-electron chi connectivity index (χ0n) is 15.4. The molecule has 1 atom stereocenters. The molecule has 0 radical (unpaired) electrons. The van der Waals surface area contributed by atoms with E-state index in [1.807, 2.05) is 36.5 Å². The maximum absolute atomic E-state index is 13.1. The van der Waals surface area contributed by atoms with Gasteiger partial charge >= 0.3 is 0 Å². The van der Waals surface area contributed by atoms with Gasteiger partial charge in [-0.1, -0.05) is 30.3 Å². The number of anilines is 1. The minimum atomic E-state index is -0.595. The molecule has 0 saturated carbocycles. The fourth-order valence-corrected chi connectivity index (χ4v) is 3.75. The molecule has 1 aromatic carbocycles. The highest BCUT2D eigenvalue weighted by molar-refractivity contribution is 5.90. The van der Waals surface area contributed by atoms with E-state index in [4.69, 9.17) is 5.73 Å². The van der Waals surface area contributed by atoms with Crippen molar-refractivity contribution in [1.29, 1.82) is 0 Å². The fraction of sp³-hybridized carbons (Fsp3) is 0.350. The maximum atomic E-state index is 13.1. The van der Waals surface area contributed by atoms with Crippen molar-refractivity contribution in [3.05, 3.63) is 53.7 Å². The Morgan fingerprint density at radius 3 is 2.39 bits per heavy atom. The highest BCUT2D eigenvalue weighted by Gasteiger charge is 2.34. The number of benzene rings is 1. The molecule has 2 aliphatic heterocycles. The van der Waals surface area contributed by atoms with E-state index in [-0.39, 0.29) is 23.6 Å².